The highest BCUT2D eigenvalue weighted by molar-refractivity contribution is 5.88. The second-order valence-corrected chi connectivity index (χ2v) is 5.65. The van der Waals surface area contributed by atoms with Gasteiger partial charge in [-0.15, -0.1) is 0 Å². The second-order valence-electron chi connectivity index (χ2n) is 5.65. The van der Waals surface area contributed by atoms with Crippen LogP contribution in [0.3, 0.4) is 0 Å². The van der Waals surface area contributed by atoms with E-state index in [1.807, 2.05) is 42.5 Å². The molecule has 1 heterocycles. The molecule has 1 amide bonds. The summed E-state index contributed by atoms with van der Waals surface area (Å²) in [5, 5.41) is 20.9. The van der Waals surface area contributed by atoms with Gasteiger partial charge in [-0.25, -0.2) is 4.79 Å². The molecule has 1 aliphatic heterocycles. The standard InChI is InChI=1S/C17H17NO4/c19-14-9-15(17(21)22)18(10-14)16(20)8-11-5-6-12-3-1-2-4-13(12)7-11/h1-7,14-15,19H,8-10H2,(H,21,22)/t14-,15-/m1/s1. The van der Waals surface area contributed by atoms with Gasteiger partial charge in [0, 0.05) is 13.0 Å². The predicted molar refractivity (Wildman–Crippen MR) is 81.4 cm³/mol. The van der Waals surface area contributed by atoms with Crippen molar-refractivity contribution >= 4 is 22.6 Å². The van der Waals surface area contributed by atoms with Gasteiger partial charge in [0.05, 0.1) is 12.5 Å². The van der Waals surface area contributed by atoms with Crippen molar-refractivity contribution in [3.8, 4) is 0 Å². The minimum absolute atomic E-state index is 0.0867. The molecule has 5 heteroatoms. The molecule has 0 aliphatic carbocycles. The number of carboxylic acids is 1. The van der Waals surface area contributed by atoms with E-state index in [2.05, 4.69) is 0 Å². The van der Waals surface area contributed by atoms with E-state index < -0.39 is 18.1 Å². The number of nitrogens with zero attached hydrogens (tertiary/aromatic N) is 1. The number of carbonyl (C=O) groups is 2. The van der Waals surface area contributed by atoms with Gasteiger partial charge in [-0.3, -0.25) is 4.79 Å². The summed E-state index contributed by atoms with van der Waals surface area (Å²) in [6.45, 7) is 0.0867. The van der Waals surface area contributed by atoms with Crippen LogP contribution in [0.1, 0.15) is 12.0 Å². The Hall–Kier alpha value is -2.40. The molecule has 0 spiro atoms. The summed E-state index contributed by atoms with van der Waals surface area (Å²) in [5.74, 6) is -1.33. The van der Waals surface area contributed by atoms with Gasteiger partial charge in [0.2, 0.25) is 5.91 Å². The maximum Gasteiger partial charge on any atom is 0.326 e. The molecule has 0 unspecified atom stereocenters. The topological polar surface area (TPSA) is 77.8 Å². The Morgan fingerprint density at radius 1 is 1.14 bits per heavy atom. The molecule has 0 aromatic heterocycles. The van der Waals surface area contributed by atoms with Crippen LogP contribution in [0, 0.1) is 0 Å². The molecule has 5 nitrogen and oxygen atoms in total. The first-order chi connectivity index (χ1) is 10.5. The predicted octanol–water partition coefficient (Wildman–Crippen LogP) is 1.43. The third-order valence-corrected chi connectivity index (χ3v) is 4.05. The highest BCUT2D eigenvalue weighted by Gasteiger charge is 2.38. The first kappa shape index (κ1) is 14.5. The number of benzene rings is 2. The highest BCUT2D eigenvalue weighted by Crippen LogP contribution is 2.21. The fourth-order valence-corrected chi connectivity index (χ4v) is 2.95. The lowest BCUT2D eigenvalue weighted by Gasteiger charge is -2.21. The quantitative estimate of drug-likeness (QED) is 0.898. The van der Waals surface area contributed by atoms with Crippen LogP contribution in [-0.4, -0.2) is 45.7 Å². The molecule has 22 heavy (non-hydrogen) atoms. The van der Waals surface area contributed by atoms with Crippen molar-refractivity contribution in [2.75, 3.05) is 6.54 Å². The number of amides is 1. The van der Waals surface area contributed by atoms with Gasteiger partial charge >= 0.3 is 5.97 Å². The lowest BCUT2D eigenvalue weighted by molar-refractivity contribution is -0.148. The molecule has 2 atom stereocenters. The van der Waals surface area contributed by atoms with Crippen molar-refractivity contribution < 1.29 is 19.8 Å². The van der Waals surface area contributed by atoms with Gasteiger partial charge in [0.15, 0.2) is 0 Å². The van der Waals surface area contributed by atoms with E-state index in [1.165, 1.54) is 4.90 Å². The number of carboxylic acid groups (broad SMARTS) is 1. The van der Waals surface area contributed by atoms with Crippen LogP contribution in [0.4, 0.5) is 0 Å². The van der Waals surface area contributed by atoms with Crippen molar-refractivity contribution in [1.29, 1.82) is 0 Å². The first-order valence-corrected chi connectivity index (χ1v) is 7.22. The zero-order valence-corrected chi connectivity index (χ0v) is 12.0. The Bertz CT molecular complexity index is 727. The minimum Gasteiger partial charge on any atom is -0.480 e. The van der Waals surface area contributed by atoms with Crippen LogP contribution in [0.15, 0.2) is 42.5 Å². The average Bonchev–Trinajstić information content (AvgIpc) is 2.89. The molecular formula is C17H17NO4. The summed E-state index contributed by atoms with van der Waals surface area (Å²) >= 11 is 0. The smallest absolute Gasteiger partial charge is 0.326 e. The van der Waals surface area contributed by atoms with Crippen molar-refractivity contribution in [2.45, 2.75) is 25.0 Å². The Balaban J connectivity index is 1.79. The van der Waals surface area contributed by atoms with Gasteiger partial charge in [0.25, 0.3) is 0 Å². The Kier molecular flexibility index (Phi) is 3.81. The fourth-order valence-electron chi connectivity index (χ4n) is 2.95. The van der Waals surface area contributed by atoms with Gasteiger partial charge < -0.3 is 15.1 Å². The Labute approximate surface area is 127 Å². The lowest BCUT2D eigenvalue weighted by Crippen LogP contribution is -2.41. The first-order valence-electron chi connectivity index (χ1n) is 7.22. The summed E-state index contributed by atoms with van der Waals surface area (Å²) in [5.41, 5.74) is 0.842. The summed E-state index contributed by atoms with van der Waals surface area (Å²) < 4.78 is 0. The molecule has 114 valence electrons. The maximum absolute atomic E-state index is 12.4. The highest BCUT2D eigenvalue weighted by atomic mass is 16.4. The van der Waals surface area contributed by atoms with Crippen LogP contribution in [0.25, 0.3) is 10.8 Å². The van der Waals surface area contributed by atoms with Crippen LogP contribution >= 0.6 is 0 Å². The van der Waals surface area contributed by atoms with E-state index in [-0.39, 0.29) is 25.3 Å². The molecule has 2 aromatic rings. The number of β-amino-alcohol motifs (C(OH)–C–C–N with tert-alkyl or cyclic N) is 1. The molecule has 0 bridgehead atoms. The number of aliphatic carboxylic acids is 1. The van der Waals surface area contributed by atoms with Crippen LogP contribution in [0.2, 0.25) is 0 Å². The molecule has 0 radical (unpaired) electrons. The molecular weight excluding hydrogens is 282 g/mol. The number of carbonyl (C=O) groups excluding carboxylic acids is 1. The van der Waals surface area contributed by atoms with Crippen molar-refractivity contribution in [3.05, 3.63) is 48.0 Å². The van der Waals surface area contributed by atoms with Crippen molar-refractivity contribution in [2.24, 2.45) is 0 Å². The summed E-state index contributed by atoms with van der Waals surface area (Å²) in [6.07, 6.45) is -0.526. The van der Waals surface area contributed by atoms with E-state index in [0.29, 0.717) is 0 Å². The largest absolute Gasteiger partial charge is 0.480 e. The Morgan fingerprint density at radius 3 is 2.59 bits per heavy atom. The molecule has 3 rings (SSSR count). The van der Waals surface area contributed by atoms with E-state index >= 15 is 0 Å². The number of aliphatic hydroxyl groups is 1. The van der Waals surface area contributed by atoms with Gasteiger partial charge in [-0.1, -0.05) is 42.5 Å². The number of hydrogen-bond donors (Lipinski definition) is 2. The van der Waals surface area contributed by atoms with E-state index in [9.17, 15) is 14.7 Å². The fraction of sp³-hybridized carbons (Fsp3) is 0.294. The zero-order valence-electron chi connectivity index (χ0n) is 12.0. The Morgan fingerprint density at radius 2 is 1.86 bits per heavy atom. The van der Waals surface area contributed by atoms with E-state index in [1.54, 1.807) is 0 Å². The maximum atomic E-state index is 12.4. The lowest BCUT2D eigenvalue weighted by atomic mass is 10.0. The normalized spacial score (nSPS) is 21.2. The molecule has 2 N–H and O–H groups in total. The number of hydrogen-bond acceptors (Lipinski definition) is 3. The molecule has 1 saturated heterocycles. The third-order valence-electron chi connectivity index (χ3n) is 4.05. The monoisotopic (exact) mass is 299 g/mol. The van der Waals surface area contributed by atoms with Gasteiger partial charge in [-0.05, 0) is 16.3 Å². The van der Waals surface area contributed by atoms with Crippen molar-refractivity contribution in [1.82, 2.24) is 4.90 Å². The number of aliphatic hydroxyl groups excluding tert-OH is 1. The minimum atomic E-state index is -1.07. The number of fused-ring (bicyclic) bond motifs is 1. The molecule has 2 aromatic carbocycles. The van der Waals surface area contributed by atoms with Gasteiger partial charge in [0.1, 0.15) is 6.04 Å². The van der Waals surface area contributed by atoms with Crippen LogP contribution < -0.4 is 0 Å². The average molecular weight is 299 g/mol. The number of likely N-dealkylation sites (tertiary alicyclic amines) is 1. The second kappa shape index (κ2) is 5.77. The van der Waals surface area contributed by atoms with Crippen LogP contribution in [-0.2, 0) is 16.0 Å². The number of rotatable bonds is 3. The molecule has 1 fully saturated rings. The van der Waals surface area contributed by atoms with Crippen LogP contribution in [0.5, 0.6) is 0 Å². The molecule has 1 aliphatic rings. The van der Waals surface area contributed by atoms with E-state index in [0.717, 1.165) is 16.3 Å². The zero-order chi connectivity index (χ0) is 15.7. The molecule has 0 saturated carbocycles. The summed E-state index contributed by atoms with van der Waals surface area (Å²) in [6, 6.07) is 12.7. The SMILES string of the molecule is O=C(O)[C@H]1C[C@@H](O)CN1C(=O)Cc1ccc2ccccc2c1. The van der Waals surface area contributed by atoms with E-state index in [4.69, 9.17) is 5.11 Å². The summed E-state index contributed by atoms with van der Waals surface area (Å²) in [7, 11) is 0. The summed E-state index contributed by atoms with van der Waals surface area (Å²) in [4.78, 5) is 24.8. The van der Waals surface area contributed by atoms with Gasteiger partial charge in [-0.2, -0.15) is 0 Å². The third kappa shape index (κ3) is 2.80. The van der Waals surface area contributed by atoms with Crippen molar-refractivity contribution in [3.63, 3.8) is 0 Å².